The summed E-state index contributed by atoms with van der Waals surface area (Å²) in [6.07, 6.45) is 0.772. The van der Waals surface area contributed by atoms with E-state index in [9.17, 15) is 9.90 Å². The Kier molecular flexibility index (Phi) is 4.34. The summed E-state index contributed by atoms with van der Waals surface area (Å²) in [6, 6.07) is 3.73. The summed E-state index contributed by atoms with van der Waals surface area (Å²) >= 11 is 1.45. The highest BCUT2D eigenvalue weighted by Gasteiger charge is 2.24. The van der Waals surface area contributed by atoms with Crippen molar-refractivity contribution >= 4 is 17.2 Å². The monoisotopic (exact) mass is 269 g/mol. The lowest BCUT2D eigenvalue weighted by molar-refractivity contribution is 0.0263. The lowest BCUT2D eigenvalue weighted by atomic mass is 9.96. The normalized spacial score (nSPS) is 25.1. The molecule has 1 amide bonds. The fourth-order valence-corrected chi connectivity index (χ4v) is 3.09. The van der Waals surface area contributed by atoms with Gasteiger partial charge in [0.25, 0.3) is 5.91 Å². The Bertz CT molecular complexity index is 421. The average Bonchev–Trinajstić information content (AvgIpc) is 2.81. The molecule has 0 saturated carbocycles. The van der Waals surface area contributed by atoms with E-state index >= 15 is 0 Å². The minimum absolute atomic E-state index is 0.245. The highest BCUT2D eigenvalue weighted by molar-refractivity contribution is 7.14. The van der Waals surface area contributed by atoms with Crippen LogP contribution >= 0.6 is 11.3 Å². The van der Waals surface area contributed by atoms with Gasteiger partial charge in [0.1, 0.15) is 0 Å². The second-order valence-corrected chi connectivity index (χ2v) is 5.98. The van der Waals surface area contributed by atoms with Gasteiger partial charge in [-0.2, -0.15) is 0 Å². The molecule has 0 radical (unpaired) electrons. The number of hydrogen-bond donors (Lipinski definition) is 3. The van der Waals surface area contributed by atoms with Crippen molar-refractivity contribution in [2.24, 2.45) is 11.8 Å². The maximum atomic E-state index is 11.3. The molecule has 1 aromatic heterocycles. The van der Waals surface area contributed by atoms with Gasteiger partial charge in [0.15, 0.2) is 0 Å². The molecule has 100 valence electrons. The zero-order valence-corrected chi connectivity index (χ0v) is 11.2. The number of thiophene rings is 1. The molecule has 4 N–H and O–H groups in total. The molecular formula is C12H19N3O2S. The van der Waals surface area contributed by atoms with Crippen molar-refractivity contribution in [2.75, 3.05) is 13.1 Å². The summed E-state index contributed by atoms with van der Waals surface area (Å²) < 4.78 is 0. The van der Waals surface area contributed by atoms with Crippen molar-refractivity contribution < 1.29 is 9.90 Å². The molecule has 18 heavy (non-hydrogen) atoms. The Labute approximate surface area is 111 Å². The summed E-state index contributed by atoms with van der Waals surface area (Å²) in [5.74, 6) is 5.22. The Morgan fingerprint density at radius 1 is 1.67 bits per heavy atom. The molecule has 6 heteroatoms. The number of nitrogens with one attached hydrogen (secondary N) is 1. The fraction of sp³-hybridized carbons (Fsp3) is 0.583. The molecule has 1 aromatic rings. The summed E-state index contributed by atoms with van der Waals surface area (Å²) in [7, 11) is 0. The van der Waals surface area contributed by atoms with Crippen LogP contribution in [0.5, 0.6) is 0 Å². The number of piperidine rings is 1. The van der Waals surface area contributed by atoms with Crippen LogP contribution in [0, 0.1) is 5.92 Å². The second kappa shape index (κ2) is 5.79. The van der Waals surface area contributed by atoms with Crippen LogP contribution < -0.4 is 11.3 Å². The molecule has 1 aliphatic rings. The SMILES string of the molecule is CC1CCN(Cc2ccc(C(=O)NN)s2)CC1O. The van der Waals surface area contributed by atoms with Gasteiger partial charge < -0.3 is 5.11 Å². The maximum absolute atomic E-state index is 11.3. The lowest BCUT2D eigenvalue weighted by Crippen LogP contribution is -2.42. The zero-order valence-electron chi connectivity index (χ0n) is 10.4. The number of hydrogen-bond acceptors (Lipinski definition) is 5. The van der Waals surface area contributed by atoms with Crippen molar-refractivity contribution in [1.29, 1.82) is 0 Å². The summed E-state index contributed by atoms with van der Waals surface area (Å²) in [4.78, 5) is 15.3. The first-order valence-corrected chi connectivity index (χ1v) is 6.92. The lowest BCUT2D eigenvalue weighted by Gasteiger charge is -2.33. The van der Waals surface area contributed by atoms with Crippen LogP contribution in [0.1, 0.15) is 27.9 Å². The number of β-amino-alcohol motifs (C(OH)–C–C–N with tert-alkyl or cyclic N) is 1. The van der Waals surface area contributed by atoms with Gasteiger partial charge in [0.2, 0.25) is 0 Å². The van der Waals surface area contributed by atoms with E-state index in [4.69, 9.17) is 5.84 Å². The Morgan fingerprint density at radius 3 is 3.11 bits per heavy atom. The Morgan fingerprint density at radius 2 is 2.44 bits per heavy atom. The van der Waals surface area contributed by atoms with Gasteiger partial charge in [-0.25, -0.2) is 5.84 Å². The molecule has 1 saturated heterocycles. The van der Waals surface area contributed by atoms with Crippen LogP contribution in [0.25, 0.3) is 0 Å². The van der Waals surface area contributed by atoms with E-state index in [1.54, 1.807) is 6.07 Å². The van der Waals surface area contributed by atoms with Crippen LogP contribution in [0.15, 0.2) is 12.1 Å². The molecule has 0 aromatic carbocycles. The second-order valence-electron chi connectivity index (χ2n) is 4.81. The third-order valence-electron chi connectivity index (χ3n) is 3.40. The van der Waals surface area contributed by atoms with E-state index < -0.39 is 0 Å². The number of aliphatic hydroxyl groups is 1. The molecule has 1 aliphatic heterocycles. The molecule has 5 nitrogen and oxygen atoms in total. The van der Waals surface area contributed by atoms with Gasteiger partial charge >= 0.3 is 0 Å². The number of nitrogens with zero attached hydrogens (tertiary/aromatic N) is 1. The summed E-state index contributed by atoms with van der Waals surface area (Å²) in [5.41, 5.74) is 2.13. The van der Waals surface area contributed by atoms with E-state index in [0.29, 0.717) is 17.3 Å². The largest absolute Gasteiger partial charge is 0.392 e. The van der Waals surface area contributed by atoms with Crippen molar-refractivity contribution in [1.82, 2.24) is 10.3 Å². The number of nitrogens with two attached hydrogens (primary N) is 1. The fourth-order valence-electron chi connectivity index (χ4n) is 2.13. The summed E-state index contributed by atoms with van der Waals surface area (Å²) in [5, 5.41) is 9.84. The van der Waals surface area contributed by atoms with E-state index in [2.05, 4.69) is 17.2 Å². The van der Waals surface area contributed by atoms with Crippen molar-refractivity contribution in [3.8, 4) is 0 Å². The third-order valence-corrected chi connectivity index (χ3v) is 4.47. The van der Waals surface area contributed by atoms with Crippen molar-refractivity contribution in [3.63, 3.8) is 0 Å². The number of amides is 1. The highest BCUT2D eigenvalue weighted by Crippen LogP contribution is 2.22. The Hall–Kier alpha value is -0.950. The van der Waals surface area contributed by atoms with Gasteiger partial charge in [-0.05, 0) is 31.0 Å². The maximum Gasteiger partial charge on any atom is 0.275 e. The standard InChI is InChI=1S/C12H19N3O2S/c1-8-4-5-15(7-10(8)16)6-9-2-3-11(18-9)12(17)14-13/h2-3,8,10,16H,4-7,13H2,1H3,(H,14,17). The van der Waals surface area contributed by atoms with Gasteiger partial charge in [-0.1, -0.05) is 6.92 Å². The van der Waals surface area contributed by atoms with Gasteiger partial charge in [-0.15, -0.1) is 11.3 Å². The van der Waals surface area contributed by atoms with Crippen molar-refractivity contribution in [3.05, 3.63) is 21.9 Å². The van der Waals surface area contributed by atoms with Crippen molar-refractivity contribution in [2.45, 2.75) is 26.0 Å². The highest BCUT2D eigenvalue weighted by atomic mass is 32.1. The first-order chi connectivity index (χ1) is 8.60. The average molecular weight is 269 g/mol. The number of rotatable bonds is 3. The first kappa shape index (κ1) is 13.5. The molecule has 0 aliphatic carbocycles. The van der Waals surface area contributed by atoms with Crippen LogP contribution in [0.4, 0.5) is 0 Å². The molecular weight excluding hydrogens is 250 g/mol. The minimum atomic E-state index is -0.251. The smallest absolute Gasteiger partial charge is 0.275 e. The third kappa shape index (κ3) is 3.08. The molecule has 0 bridgehead atoms. The molecule has 0 spiro atoms. The topological polar surface area (TPSA) is 78.6 Å². The number of nitrogen functional groups attached to an aromatic ring is 1. The van der Waals surface area contributed by atoms with E-state index in [1.165, 1.54) is 11.3 Å². The number of carbonyl (C=O) groups excluding carboxylic acids is 1. The molecule has 2 unspecified atom stereocenters. The number of likely N-dealkylation sites (tertiary alicyclic amines) is 1. The zero-order chi connectivity index (χ0) is 13.1. The van der Waals surface area contributed by atoms with Gasteiger partial charge in [-0.3, -0.25) is 15.1 Å². The molecule has 1 fully saturated rings. The van der Waals surface area contributed by atoms with Crippen LogP contribution in [-0.4, -0.2) is 35.1 Å². The predicted molar refractivity (Wildman–Crippen MR) is 71.0 cm³/mol. The van der Waals surface area contributed by atoms with E-state index in [1.807, 2.05) is 6.07 Å². The number of carbonyl (C=O) groups is 1. The number of hydrazine groups is 1. The van der Waals surface area contributed by atoms with Crippen LogP contribution in [0.3, 0.4) is 0 Å². The van der Waals surface area contributed by atoms with Crippen LogP contribution in [-0.2, 0) is 6.54 Å². The molecule has 2 atom stereocenters. The first-order valence-electron chi connectivity index (χ1n) is 6.10. The quantitative estimate of drug-likeness (QED) is 0.425. The van der Waals surface area contributed by atoms with Gasteiger partial charge in [0, 0.05) is 18.0 Å². The Balaban J connectivity index is 1.93. The molecule has 2 rings (SSSR count). The van der Waals surface area contributed by atoms with Crippen LogP contribution in [0.2, 0.25) is 0 Å². The number of aliphatic hydroxyl groups excluding tert-OH is 1. The molecule has 2 heterocycles. The van der Waals surface area contributed by atoms with Gasteiger partial charge in [0.05, 0.1) is 11.0 Å². The van der Waals surface area contributed by atoms with E-state index in [-0.39, 0.29) is 12.0 Å². The summed E-state index contributed by atoms with van der Waals surface area (Å²) in [6.45, 7) is 4.56. The predicted octanol–water partition coefficient (Wildman–Crippen LogP) is 0.554. The van der Waals surface area contributed by atoms with E-state index in [0.717, 1.165) is 24.4 Å². The minimum Gasteiger partial charge on any atom is -0.392 e.